The summed E-state index contributed by atoms with van der Waals surface area (Å²) in [5.74, 6) is -0.543. The molecule has 5 nitrogen and oxygen atoms in total. The highest BCUT2D eigenvalue weighted by molar-refractivity contribution is 8.22. The lowest BCUT2D eigenvalue weighted by Crippen LogP contribution is -2.47. The van der Waals surface area contributed by atoms with Gasteiger partial charge in [0.15, 0.2) is 0 Å². The quantitative estimate of drug-likeness (QED) is 0.495. The third-order valence-corrected chi connectivity index (χ3v) is 9.64. The van der Waals surface area contributed by atoms with Crippen LogP contribution < -0.4 is 15.9 Å². The Labute approximate surface area is 196 Å². The van der Waals surface area contributed by atoms with Gasteiger partial charge in [-0.05, 0) is 59.1 Å². The summed E-state index contributed by atoms with van der Waals surface area (Å²) in [6.45, 7) is 13.5. The summed E-state index contributed by atoms with van der Waals surface area (Å²) in [5.41, 5.74) is 3.73. The number of methoxy groups -OCH3 is 1. The van der Waals surface area contributed by atoms with E-state index in [0.717, 1.165) is 32.9 Å². The summed E-state index contributed by atoms with van der Waals surface area (Å²) in [5, 5.41) is 4.72. The Morgan fingerprint density at radius 3 is 1.66 bits per heavy atom. The minimum atomic E-state index is -2.50. The molecule has 0 unspecified atom stereocenters. The minimum Gasteiger partial charge on any atom is -0.467 e. The minimum absolute atomic E-state index is 0.250. The first-order valence-corrected chi connectivity index (χ1v) is 13.6. The first-order chi connectivity index (χ1) is 14.7. The number of aryl methyl sites for hydroxylation is 4. The van der Waals surface area contributed by atoms with Gasteiger partial charge in [-0.15, -0.1) is 0 Å². The number of nitrogens with one attached hydrogen (secondary N) is 1. The zero-order chi connectivity index (χ0) is 24.3. The monoisotopic (exact) mass is 475 g/mol. The fourth-order valence-corrected chi connectivity index (χ4v) is 7.91. The number of carbonyl (C=O) groups is 2. The van der Waals surface area contributed by atoms with Crippen molar-refractivity contribution >= 4 is 40.5 Å². The Morgan fingerprint density at radius 2 is 1.31 bits per heavy atom. The van der Waals surface area contributed by atoms with E-state index in [4.69, 9.17) is 21.3 Å². The van der Waals surface area contributed by atoms with Crippen LogP contribution in [0.4, 0.5) is 4.79 Å². The van der Waals surface area contributed by atoms with Crippen molar-refractivity contribution in [2.75, 3.05) is 13.3 Å². The van der Waals surface area contributed by atoms with Crippen LogP contribution in [0.2, 0.25) is 0 Å². The molecule has 0 spiro atoms. The van der Waals surface area contributed by atoms with E-state index in [1.807, 2.05) is 27.7 Å². The lowest BCUT2D eigenvalue weighted by Gasteiger charge is -2.29. The van der Waals surface area contributed by atoms with Crippen molar-refractivity contribution in [2.45, 2.75) is 60.1 Å². The van der Waals surface area contributed by atoms with Gasteiger partial charge < -0.3 is 14.8 Å². The summed E-state index contributed by atoms with van der Waals surface area (Å²) < 4.78 is 10.4. The molecule has 0 saturated carbocycles. The van der Waals surface area contributed by atoms with Gasteiger partial charge in [-0.3, -0.25) is 0 Å². The Balaban J connectivity index is 2.60. The molecule has 2 aromatic rings. The van der Waals surface area contributed by atoms with Crippen LogP contribution in [-0.4, -0.2) is 37.0 Å². The molecule has 0 aliphatic rings. The van der Waals surface area contributed by atoms with E-state index in [9.17, 15) is 9.59 Å². The van der Waals surface area contributed by atoms with Crippen molar-refractivity contribution in [3.05, 3.63) is 58.7 Å². The van der Waals surface area contributed by atoms with Gasteiger partial charge in [0.1, 0.15) is 11.6 Å². The molecule has 0 aliphatic heterocycles. The SMILES string of the molecule is COC(=O)[C@H](CP(=S)(c1cc(C)cc(C)c1)c1cc(C)cc(C)c1)NC(=O)OC(C)(C)C. The van der Waals surface area contributed by atoms with Crippen LogP contribution in [0.5, 0.6) is 0 Å². The van der Waals surface area contributed by atoms with E-state index >= 15 is 0 Å². The van der Waals surface area contributed by atoms with Crippen molar-refractivity contribution in [1.82, 2.24) is 5.32 Å². The Hall–Kier alpha value is -2.17. The average Bonchev–Trinajstić information content (AvgIpc) is 2.63. The highest BCUT2D eigenvalue weighted by Gasteiger charge is 2.33. The van der Waals surface area contributed by atoms with E-state index in [1.165, 1.54) is 7.11 Å². The van der Waals surface area contributed by atoms with Crippen LogP contribution in [0, 0.1) is 27.7 Å². The third-order valence-electron chi connectivity index (χ3n) is 4.86. The molecule has 0 saturated heterocycles. The van der Waals surface area contributed by atoms with E-state index < -0.39 is 29.7 Å². The first-order valence-electron chi connectivity index (χ1n) is 10.6. The molecular weight excluding hydrogens is 441 g/mol. The molecule has 174 valence electrons. The van der Waals surface area contributed by atoms with E-state index in [2.05, 4.69) is 41.7 Å². The second-order valence-electron chi connectivity index (χ2n) is 9.34. The van der Waals surface area contributed by atoms with E-state index in [1.54, 1.807) is 20.8 Å². The molecular formula is C25H34NO4PS. The first kappa shape index (κ1) is 26.1. The Morgan fingerprint density at radius 1 is 0.906 bits per heavy atom. The number of amides is 1. The van der Waals surface area contributed by atoms with Gasteiger partial charge in [0.25, 0.3) is 0 Å². The van der Waals surface area contributed by atoms with Gasteiger partial charge in [-0.1, -0.05) is 70.5 Å². The van der Waals surface area contributed by atoms with Gasteiger partial charge in [0.05, 0.1) is 7.11 Å². The highest BCUT2D eigenvalue weighted by Crippen LogP contribution is 2.45. The Bertz CT molecular complexity index is 962. The number of benzene rings is 2. The number of rotatable bonds is 6. The lowest BCUT2D eigenvalue weighted by molar-refractivity contribution is -0.142. The summed E-state index contributed by atoms with van der Waals surface area (Å²) in [7, 11) is 1.31. The van der Waals surface area contributed by atoms with Gasteiger partial charge in [-0.2, -0.15) is 0 Å². The van der Waals surface area contributed by atoms with Crippen LogP contribution >= 0.6 is 6.04 Å². The topological polar surface area (TPSA) is 64.6 Å². The van der Waals surface area contributed by atoms with Gasteiger partial charge in [0, 0.05) is 12.2 Å². The summed E-state index contributed by atoms with van der Waals surface area (Å²) >= 11 is 6.39. The van der Waals surface area contributed by atoms with Crippen molar-refractivity contribution in [3.63, 3.8) is 0 Å². The maximum atomic E-state index is 12.7. The summed E-state index contributed by atoms with van der Waals surface area (Å²) in [6, 6.07) is 9.13. The molecule has 0 aromatic heterocycles. The zero-order valence-electron chi connectivity index (χ0n) is 20.2. The molecule has 1 amide bonds. The molecule has 1 N–H and O–H groups in total. The lowest BCUT2D eigenvalue weighted by atomic mass is 10.2. The number of alkyl carbamates (subject to hydrolysis) is 1. The smallest absolute Gasteiger partial charge is 0.408 e. The normalized spacial score (nSPS) is 12.8. The summed E-state index contributed by atoms with van der Waals surface area (Å²) in [6.07, 6.45) is -0.421. The molecule has 0 heterocycles. The molecule has 1 atom stereocenters. The summed E-state index contributed by atoms with van der Waals surface area (Å²) in [4.78, 5) is 25.2. The van der Waals surface area contributed by atoms with Gasteiger partial charge >= 0.3 is 12.1 Å². The van der Waals surface area contributed by atoms with E-state index in [0.29, 0.717) is 0 Å². The maximum Gasteiger partial charge on any atom is 0.408 e. The number of esters is 1. The number of ether oxygens (including phenoxy) is 2. The van der Waals surface area contributed by atoms with Crippen LogP contribution in [-0.2, 0) is 26.1 Å². The van der Waals surface area contributed by atoms with Crippen LogP contribution in [0.25, 0.3) is 0 Å². The molecule has 2 rings (SSSR count). The number of carbonyl (C=O) groups excluding carboxylic acids is 2. The largest absolute Gasteiger partial charge is 0.467 e. The molecule has 7 heteroatoms. The molecule has 0 aliphatic carbocycles. The second kappa shape index (κ2) is 10.2. The van der Waals surface area contributed by atoms with E-state index in [-0.39, 0.29) is 6.16 Å². The average molecular weight is 476 g/mol. The Kier molecular flexibility index (Phi) is 8.30. The molecule has 0 bridgehead atoms. The fraction of sp³-hybridized carbons (Fsp3) is 0.440. The molecule has 0 fully saturated rings. The van der Waals surface area contributed by atoms with Crippen LogP contribution in [0.3, 0.4) is 0 Å². The molecule has 32 heavy (non-hydrogen) atoms. The second-order valence-corrected chi connectivity index (χ2v) is 14.1. The number of hydrogen-bond acceptors (Lipinski definition) is 5. The number of hydrogen-bond donors (Lipinski definition) is 1. The standard InChI is InChI=1S/C25H34NO4PS/c1-16-9-17(2)12-20(11-16)31(32,21-13-18(3)10-19(4)14-21)15-22(23(27)29-8)26-24(28)30-25(5,6)7/h9-14,22H,15H2,1-8H3,(H,26,28)/t22-/m0/s1. The predicted molar refractivity (Wildman–Crippen MR) is 135 cm³/mol. The molecule has 0 radical (unpaired) electrons. The van der Waals surface area contributed by atoms with Gasteiger partial charge in [0.2, 0.25) is 0 Å². The molecule has 2 aromatic carbocycles. The van der Waals surface area contributed by atoms with Crippen LogP contribution in [0.1, 0.15) is 43.0 Å². The van der Waals surface area contributed by atoms with Gasteiger partial charge in [-0.25, -0.2) is 9.59 Å². The zero-order valence-corrected chi connectivity index (χ0v) is 21.9. The fourth-order valence-electron chi connectivity index (χ4n) is 3.71. The van der Waals surface area contributed by atoms with Crippen molar-refractivity contribution in [1.29, 1.82) is 0 Å². The van der Waals surface area contributed by atoms with Crippen molar-refractivity contribution < 1.29 is 19.1 Å². The van der Waals surface area contributed by atoms with Crippen LogP contribution in [0.15, 0.2) is 36.4 Å². The van der Waals surface area contributed by atoms with Crippen molar-refractivity contribution in [3.8, 4) is 0 Å². The maximum absolute atomic E-state index is 12.7. The predicted octanol–water partition coefficient (Wildman–Crippen LogP) is 4.42. The van der Waals surface area contributed by atoms with Crippen molar-refractivity contribution in [2.24, 2.45) is 0 Å². The highest BCUT2D eigenvalue weighted by atomic mass is 32.4. The third kappa shape index (κ3) is 6.91.